The second-order valence-electron chi connectivity index (χ2n) is 5.39. The van der Waals surface area contributed by atoms with Gasteiger partial charge in [0.2, 0.25) is 5.91 Å². The molecule has 1 aromatic carbocycles. The van der Waals surface area contributed by atoms with Crippen molar-refractivity contribution in [1.29, 1.82) is 0 Å². The van der Waals surface area contributed by atoms with Gasteiger partial charge in [0, 0.05) is 18.5 Å². The lowest BCUT2D eigenvalue weighted by atomic mass is 10.2. The maximum Gasteiger partial charge on any atom is 0.225 e. The Labute approximate surface area is 146 Å². The zero-order chi connectivity index (χ0) is 15.6. The van der Waals surface area contributed by atoms with E-state index in [4.69, 9.17) is 11.6 Å². The summed E-state index contributed by atoms with van der Waals surface area (Å²) in [7, 11) is 4.06. The minimum Gasteiger partial charge on any atom is -0.309 e. The zero-order valence-corrected chi connectivity index (χ0v) is 15.6. The molecule has 7 heteroatoms. The highest BCUT2D eigenvalue weighted by Crippen LogP contribution is 2.33. The molecule has 1 amide bonds. The number of nitrogens with zero attached hydrogens (tertiary/aromatic N) is 3. The fourth-order valence-corrected chi connectivity index (χ4v) is 3.68. The lowest BCUT2D eigenvalue weighted by Gasteiger charge is -2.19. The van der Waals surface area contributed by atoms with E-state index in [2.05, 4.69) is 9.88 Å². The number of carbonyl (C=O) groups excluding carboxylic acids is 1. The molecule has 2 rings (SSSR count). The van der Waals surface area contributed by atoms with E-state index in [0.29, 0.717) is 11.6 Å². The van der Waals surface area contributed by atoms with Crippen molar-refractivity contribution in [1.82, 2.24) is 9.88 Å². The molecule has 0 bridgehead atoms. The van der Waals surface area contributed by atoms with Crippen LogP contribution in [0.4, 0.5) is 5.13 Å². The number of amides is 1. The summed E-state index contributed by atoms with van der Waals surface area (Å²) in [4.78, 5) is 20.4. The van der Waals surface area contributed by atoms with E-state index in [1.807, 2.05) is 33.2 Å². The average molecular weight is 362 g/mol. The van der Waals surface area contributed by atoms with Crippen LogP contribution in [0.2, 0.25) is 5.02 Å². The molecule has 1 heterocycles. The topological polar surface area (TPSA) is 36.4 Å². The molecule has 0 spiro atoms. The highest BCUT2D eigenvalue weighted by molar-refractivity contribution is 7.22. The molecule has 0 fully saturated rings. The third-order valence-corrected chi connectivity index (χ3v) is 4.48. The standard InChI is InChI=1S/C15H20ClN3OS.ClH/c1-10-8-12(16)9-13-14(10)17-15(21-13)19(11(2)20)7-5-6-18(3)4;/h8-9H,5-7H2,1-4H3;1H. The van der Waals surface area contributed by atoms with E-state index >= 15 is 0 Å². The van der Waals surface area contributed by atoms with Crippen LogP contribution in [-0.2, 0) is 4.79 Å². The molecule has 0 aliphatic carbocycles. The lowest BCUT2D eigenvalue weighted by molar-refractivity contribution is -0.116. The molecular weight excluding hydrogens is 341 g/mol. The Morgan fingerprint density at radius 1 is 1.32 bits per heavy atom. The Morgan fingerprint density at radius 2 is 2.00 bits per heavy atom. The molecule has 0 radical (unpaired) electrons. The van der Waals surface area contributed by atoms with Crippen molar-refractivity contribution < 1.29 is 4.79 Å². The van der Waals surface area contributed by atoms with E-state index in [9.17, 15) is 4.79 Å². The summed E-state index contributed by atoms with van der Waals surface area (Å²) in [6.45, 7) is 5.20. The van der Waals surface area contributed by atoms with Crippen molar-refractivity contribution in [2.75, 3.05) is 32.1 Å². The molecule has 22 heavy (non-hydrogen) atoms. The average Bonchev–Trinajstić information content (AvgIpc) is 2.77. The molecule has 0 saturated carbocycles. The predicted octanol–water partition coefficient (Wildman–Crippen LogP) is 3.98. The first-order valence-electron chi connectivity index (χ1n) is 6.88. The Bertz CT molecular complexity index is 658. The molecular formula is C15H21Cl2N3OS. The van der Waals surface area contributed by atoms with Gasteiger partial charge in [-0.25, -0.2) is 4.98 Å². The summed E-state index contributed by atoms with van der Waals surface area (Å²) < 4.78 is 1.02. The Balaban J connectivity index is 0.00000242. The summed E-state index contributed by atoms with van der Waals surface area (Å²) in [6.07, 6.45) is 0.919. The van der Waals surface area contributed by atoms with Crippen molar-refractivity contribution in [2.45, 2.75) is 20.3 Å². The van der Waals surface area contributed by atoms with Crippen LogP contribution in [0.1, 0.15) is 18.9 Å². The van der Waals surface area contributed by atoms with E-state index in [1.54, 1.807) is 11.8 Å². The number of carbonyl (C=O) groups is 1. The molecule has 0 saturated heterocycles. The van der Waals surface area contributed by atoms with Gasteiger partial charge in [-0.2, -0.15) is 0 Å². The van der Waals surface area contributed by atoms with Gasteiger partial charge in [-0.05, 0) is 51.7 Å². The summed E-state index contributed by atoms with van der Waals surface area (Å²) >= 11 is 7.60. The molecule has 4 nitrogen and oxygen atoms in total. The van der Waals surface area contributed by atoms with Crippen LogP contribution < -0.4 is 4.90 Å². The number of hydrogen-bond acceptors (Lipinski definition) is 4. The number of fused-ring (bicyclic) bond motifs is 1. The van der Waals surface area contributed by atoms with E-state index in [0.717, 1.165) is 33.9 Å². The first-order chi connectivity index (χ1) is 9.88. The van der Waals surface area contributed by atoms with E-state index < -0.39 is 0 Å². The number of thiazole rings is 1. The number of benzene rings is 1. The monoisotopic (exact) mass is 361 g/mol. The molecule has 2 aromatic rings. The quantitative estimate of drug-likeness (QED) is 0.807. The fraction of sp³-hybridized carbons (Fsp3) is 0.467. The normalized spacial score (nSPS) is 10.8. The number of aryl methyl sites for hydroxylation is 1. The third-order valence-electron chi connectivity index (χ3n) is 3.24. The Kier molecular flexibility index (Phi) is 7.06. The van der Waals surface area contributed by atoms with Gasteiger partial charge in [-0.15, -0.1) is 12.4 Å². The maximum absolute atomic E-state index is 11.9. The molecule has 0 aliphatic heterocycles. The second-order valence-corrected chi connectivity index (χ2v) is 6.84. The van der Waals surface area contributed by atoms with Crippen LogP contribution in [0.3, 0.4) is 0 Å². The second kappa shape index (κ2) is 8.11. The number of aromatic nitrogens is 1. The van der Waals surface area contributed by atoms with Gasteiger partial charge >= 0.3 is 0 Å². The van der Waals surface area contributed by atoms with Crippen LogP contribution in [0.5, 0.6) is 0 Å². The number of hydrogen-bond donors (Lipinski definition) is 0. The van der Waals surface area contributed by atoms with Crippen LogP contribution in [-0.4, -0.2) is 43.0 Å². The predicted molar refractivity (Wildman–Crippen MR) is 97.8 cm³/mol. The minimum absolute atomic E-state index is 0. The molecule has 122 valence electrons. The first-order valence-corrected chi connectivity index (χ1v) is 8.07. The van der Waals surface area contributed by atoms with Gasteiger partial charge in [-0.1, -0.05) is 22.9 Å². The minimum atomic E-state index is 0. The smallest absolute Gasteiger partial charge is 0.225 e. The van der Waals surface area contributed by atoms with Crippen molar-refractivity contribution >= 4 is 56.6 Å². The summed E-state index contributed by atoms with van der Waals surface area (Å²) in [5, 5.41) is 1.46. The van der Waals surface area contributed by atoms with Gasteiger partial charge in [-0.3, -0.25) is 9.69 Å². The van der Waals surface area contributed by atoms with Crippen molar-refractivity contribution in [2.24, 2.45) is 0 Å². The van der Waals surface area contributed by atoms with Crippen molar-refractivity contribution in [3.05, 3.63) is 22.7 Å². The van der Waals surface area contributed by atoms with Gasteiger partial charge < -0.3 is 4.90 Å². The zero-order valence-electron chi connectivity index (χ0n) is 13.2. The van der Waals surface area contributed by atoms with Gasteiger partial charge in [0.25, 0.3) is 0 Å². The number of halogens is 2. The molecule has 0 atom stereocenters. The summed E-state index contributed by atoms with van der Waals surface area (Å²) in [5.74, 6) is 0.0246. The van der Waals surface area contributed by atoms with Crippen LogP contribution >= 0.6 is 35.3 Å². The number of anilines is 1. The molecule has 1 aromatic heterocycles. The molecule has 0 N–H and O–H groups in total. The fourth-order valence-electron chi connectivity index (χ4n) is 2.19. The number of rotatable bonds is 5. The summed E-state index contributed by atoms with van der Waals surface area (Å²) in [6, 6.07) is 3.81. The maximum atomic E-state index is 11.9. The van der Waals surface area contributed by atoms with E-state index in [-0.39, 0.29) is 18.3 Å². The van der Waals surface area contributed by atoms with Crippen molar-refractivity contribution in [3.63, 3.8) is 0 Å². The van der Waals surface area contributed by atoms with Crippen LogP contribution in [0, 0.1) is 6.92 Å². The highest BCUT2D eigenvalue weighted by atomic mass is 35.5. The summed E-state index contributed by atoms with van der Waals surface area (Å²) in [5.41, 5.74) is 1.97. The van der Waals surface area contributed by atoms with Crippen LogP contribution in [0.25, 0.3) is 10.2 Å². The molecule has 0 unspecified atom stereocenters. The van der Waals surface area contributed by atoms with Crippen LogP contribution in [0.15, 0.2) is 12.1 Å². The third kappa shape index (κ3) is 4.56. The largest absolute Gasteiger partial charge is 0.309 e. The SMILES string of the molecule is CC(=O)N(CCCN(C)C)c1nc2c(C)cc(Cl)cc2s1.Cl. The lowest BCUT2D eigenvalue weighted by Crippen LogP contribution is -2.31. The Hall–Kier alpha value is -0.880. The van der Waals surface area contributed by atoms with Crippen molar-refractivity contribution in [3.8, 4) is 0 Å². The van der Waals surface area contributed by atoms with Gasteiger partial charge in [0.05, 0.1) is 10.2 Å². The molecule has 0 aliphatic rings. The Morgan fingerprint density at radius 3 is 2.59 bits per heavy atom. The van der Waals surface area contributed by atoms with E-state index in [1.165, 1.54) is 11.3 Å². The first kappa shape index (κ1) is 19.2. The van der Waals surface area contributed by atoms with Gasteiger partial charge in [0.1, 0.15) is 0 Å². The highest BCUT2D eigenvalue weighted by Gasteiger charge is 2.17. The van der Waals surface area contributed by atoms with Gasteiger partial charge in [0.15, 0.2) is 5.13 Å².